The molecule has 1 atom stereocenters. The zero-order valence-corrected chi connectivity index (χ0v) is 15.3. The summed E-state index contributed by atoms with van der Waals surface area (Å²) in [5.74, 6) is -0.293. The lowest BCUT2D eigenvalue weighted by atomic mass is 9.94. The fourth-order valence-corrected chi connectivity index (χ4v) is 2.61. The number of aliphatic hydroxyl groups is 1. The summed E-state index contributed by atoms with van der Waals surface area (Å²) >= 11 is 0. The van der Waals surface area contributed by atoms with Gasteiger partial charge in [0, 0.05) is 25.2 Å². The minimum atomic E-state index is -4.80. The Kier molecular flexibility index (Phi) is 6.28. The summed E-state index contributed by atoms with van der Waals surface area (Å²) in [7, 11) is 0. The van der Waals surface area contributed by atoms with Gasteiger partial charge in [-0.2, -0.15) is 13.2 Å². The van der Waals surface area contributed by atoms with Crippen LogP contribution in [-0.4, -0.2) is 28.6 Å². The van der Waals surface area contributed by atoms with Gasteiger partial charge in [0.25, 0.3) is 5.91 Å². The number of hydrogen-bond donors (Lipinski definition) is 2. The largest absolute Gasteiger partial charge is 0.421 e. The minimum absolute atomic E-state index is 0.261. The lowest BCUT2D eigenvalue weighted by molar-refractivity contribution is -0.258. The van der Waals surface area contributed by atoms with Crippen LogP contribution in [0.2, 0.25) is 0 Å². The third-order valence-electron chi connectivity index (χ3n) is 4.55. The van der Waals surface area contributed by atoms with Crippen molar-refractivity contribution in [3.63, 3.8) is 0 Å². The molecule has 0 heterocycles. The first-order valence-electron chi connectivity index (χ1n) is 8.57. The summed E-state index contributed by atoms with van der Waals surface area (Å²) in [6.45, 7) is 3.77. The average molecular weight is 380 g/mol. The highest BCUT2D eigenvalue weighted by molar-refractivity contribution is 5.94. The molecule has 0 saturated heterocycles. The van der Waals surface area contributed by atoms with Crippen LogP contribution in [0.4, 0.5) is 13.2 Å². The molecule has 1 unspecified atom stereocenters. The smallest absolute Gasteiger partial charge is 0.376 e. The highest BCUT2D eigenvalue weighted by atomic mass is 19.4. The van der Waals surface area contributed by atoms with Crippen molar-refractivity contribution in [1.29, 1.82) is 0 Å². The van der Waals surface area contributed by atoms with E-state index in [0.717, 1.165) is 23.3 Å². The van der Waals surface area contributed by atoms with E-state index >= 15 is 0 Å². The van der Waals surface area contributed by atoms with Crippen LogP contribution in [0.5, 0.6) is 0 Å². The Balaban J connectivity index is 2.17. The zero-order chi connectivity index (χ0) is 20.2. The molecule has 4 nitrogen and oxygen atoms in total. The molecule has 1 amide bonds. The van der Waals surface area contributed by atoms with Crippen molar-refractivity contribution in [2.75, 3.05) is 6.54 Å². The number of alkyl halides is 3. The number of hydrogen-bond acceptors (Lipinski definition) is 3. The molecule has 7 heteroatoms. The molecule has 0 spiro atoms. The summed E-state index contributed by atoms with van der Waals surface area (Å²) in [5, 5.41) is 9.72. The van der Waals surface area contributed by atoms with Crippen LogP contribution in [-0.2, 0) is 18.7 Å². The molecule has 2 aromatic rings. The molecule has 2 rings (SSSR count). The minimum Gasteiger partial charge on any atom is -0.376 e. The number of carbonyl (C=O) groups is 1. The van der Waals surface area contributed by atoms with E-state index < -0.39 is 11.8 Å². The normalized spacial score (nSPS) is 13.9. The number of nitrogens with zero attached hydrogens (tertiary/aromatic N) is 1. The summed E-state index contributed by atoms with van der Waals surface area (Å²) in [6, 6.07) is 12.4. The maximum Gasteiger partial charge on any atom is 0.421 e. The standard InChI is InChI=1S/C20H23F3N2O2/c1-3-25(13-15-6-4-14(12-24)5-7-15)18(26)16-8-10-17(11-9-16)19(2,27)20(21,22)23/h4-11,27H,3,12-13,24H2,1-2H3. The summed E-state index contributed by atoms with van der Waals surface area (Å²) < 4.78 is 38.8. The quantitative estimate of drug-likeness (QED) is 0.805. The van der Waals surface area contributed by atoms with Gasteiger partial charge in [0.1, 0.15) is 0 Å². The second-order valence-electron chi connectivity index (χ2n) is 6.49. The van der Waals surface area contributed by atoms with Crippen LogP contribution in [0.25, 0.3) is 0 Å². The Labute approximate surface area is 156 Å². The van der Waals surface area contributed by atoms with Gasteiger partial charge in [-0.05, 0) is 42.7 Å². The van der Waals surface area contributed by atoms with Gasteiger partial charge in [-0.25, -0.2) is 0 Å². The molecule has 0 saturated carbocycles. The van der Waals surface area contributed by atoms with E-state index in [1.54, 1.807) is 4.90 Å². The topological polar surface area (TPSA) is 66.6 Å². The van der Waals surface area contributed by atoms with Crippen LogP contribution < -0.4 is 5.73 Å². The van der Waals surface area contributed by atoms with Gasteiger partial charge in [-0.15, -0.1) is 0 Å². The van der Waals surface area contributed by atoms with E-state index in [0.29, 0.717) is 26.6 Å². The van der Waals surface area contributed by atoms with Crippen LogP contribution in [0.3, 0.4) is 0 Å². The Morgan fingerprint density at radius 3 is 2.00 bits per heavy atom. The van der Waals surface area contributed by atoms with Gasteiger partial charge < -0.3 is 15.7 Å². The van der Waals surface area contributed by atoms with E-state index in [2.05, 4.69) is 0 Å². The summed E-state index contributed by atoms with van der Waals surface area (Å²) in [4.78, 5) is 14.3. The van der Waals surface area contributed by atoms with E-state index in [4.69, 9.17) is 5.73 Å². The highest BCUT2D eigenvalue weighted by Gasteiger charge is 2.51. The Morgan fingerprint density at radius 2 is 1.56 bits per heavy atom. The molecule has 3 N–H and O–H groups in total. The van der Waals surface area contributed by atoms with E-state index in [1.807, 2.05) is 31.2 Å². The van der Waals surface area contributed by atoms with Crippen molar-refractivity contribution in [1.82, 2.24) is 4.90 Å². The van der Waals surface area contributed by atoms with Crippen molar-refractivity contribution < 1.29 is 23.1 Å². The maximum atomic E-state index is 12.9. The predicted octanol–water partition coefficient (Wildman–Crippen LogP) is 3.58. The number of nitrogens with two attached hydrogens (primary N) is 1. The van der Waals surface area contributed by atoms with E-state index in [-0.39, 0.29) is 17.0 Å². The molecule has 0 aliphatic heterocycles. The molecule has 0 bridgehead atoms. The monoisotopic (exact) mass is 380 g/mol. The Hall–Kier alpha value is -2.38. The molecular weight excluding hydrogens is 357 g/mol. The number of carbonyl (C=O) groups excluding carboxylic acids is 1. The fraction of sp³-hybridized carbons (Fsp3) is 0.350. The van der Waals surface area contributed by atoms with Gasteiger partial charge in [0.15, 0.2) is 5.60 Å². The van der Waals surface area contributed by atoms with Crippen LogP contribution >= 0.6 is 0 Å². The maximum absolute atomic E-state index is 12.9. The molecule has 146 valence electrons. The van der Waals surface area contributed by atoms with Gasteiger partial charge in [0.2, 0.25) is 0 Å². The van der Waals surface area contributed by atoms with Gasteiger partial charge in [-0.1, -0.05) is 36.4 Å². The first kappa shape index (κ1) is 20.9. The van der Waals surface area contributed by atoms with Crippen molar-refractivity contribution >= 4 is 5.91 Å². The van der Waals surface area contributed by atoms with E-state index in [9.17, 15) is 23.1 Å². The molecule has 0 aliphatic rings. The predicted molar refractivity (Wildman–Crippen MR) is 96.8 cm³/mol. The molecule has 0 radical (unpaired) electrons. The number of halogens is 3. The summed E-state index contributed by atoms with van der Waals surface area (Å²) in [6.07, 6.45) is -4.80. The van der Waals surface area contributed by atoms with Crippen molar-refractivity contribution in [3.05, 3.63) is 70.8 Å². The molecule has 0 fully saturated rings. The summed E-state index contributed by atoms with van der Waals surface area (Å²) in [5.41, 5.74) is 4.46. The molecule has 27 heavy (non-hydrogen) atoms. The highest BCUT2D eigenvalue weighted by Crippen LogP contribution is 2.38. The molecule has 0 aliphatic carbocycles. The SMILES string of the molecule is CCN(Cc1ccc(CN)cc1)C(=O)c1ccc(C(C)(O)C(F)(F)F)cc1. The van der Waals surface area contributed by atoms with Crippen molar-refractivity contribution in [2.45, 2.75) is 38.7 Å². The van der Waals surface area contributed by atoms with Gasteiger partial charge in [-0.3, -0.25) is 4.79 Å². The first-order valence-corrected chi connectivity index (χ1v) is 8.57. The van der Waals surface area contributed by atoms with Crippen LogP contribution in [0, 0.1) is 0 Å². The molecular formula is C20H23F3N2O2. The van der Waals surface area contributed by atoms with Crippen LogP contribution in [0.15, 0.2) is 48.5 Å². The van der Waals surface area contributed by atoms with Crippen molar-refractivity contribution in [3.8, 4) is 0 Å². The Morgan fingerprint density at radius 1 is 1.04 bits per heavy atom. The van der Waals surface area contributed by atoms with Crippen LogP contribution in [0.1, 0.15) is 40.9 Å². The number of benzene rings is 2. The van der Waals surface area contributed by atoms with Crippen molar-refractivity contribution in [2.24, 2.45) is 5.73 Å². The van der Waals surface area contributed by atoms with Gasteiger partial charge >= 0.3 is 6.18 Å². The Bertz CT molecular complexity index is 769. The number of amides is 1. The molecule has 2 aromatic carbocycles. The van der Waals surface area contributed by atoms with Gasteiger partial charge in [0.05, 0.1) is 0 Å². The number of rotatable bonds is 6. The third-order valence-corrected chi connectivity index (χ3v) is 4.55. The fourth-order valence-electron chi connectivity index (χ4n) is 2.61. The van der Waals surface area contributed by atoms with E-state index in [1.165, 1.54) is 12.1 Å². The third kappa shape index (κ3) is 4.67. The molecule has 0 aromatic heterocycles. The first-order chi connectivity index (χ1) is 12.6. The zero-order valence-electron chi connectivity index (χ0n) is 15.3. The lowest BCUT2D eigenvalue weighted by Gasteiger charge is -2.27. The average Bonchev–Trinajstić information content (AvgIpc) is 2.65. The lowest BCUT2D eigenvalue weighted by Crippen LogP contribution is -2.39. The second kappa shape index (κ2) is 8.10. The second-order valence-corrected chi connectivity index (χ2v) is 6.49.